The number of ether oxygens (including phenoxy) is 1. The van der Waals surface area contributed by atoms with Crippen molar-refractivity contribution in [3.63, 3.8) is 0 Å². The van der Waals surface area contributed by atoms with Crippen molar-refractivity contribution < 1.29 is 9.13 Å². The highest BCUT2D eigenvalue weighted by atomic mass is 35.5. The van der Waals surface area contributed by atoms with Crippen molar-refractivity contribution in [3.8, 4) is 11.5 Å². The number of benzene rings is 2. The van der Waals surface area contributed by atoms with Crippen LogP contribution in [0.5, 0.6) is 11.5 Å². The Balaban J connectivity index is 0.00000200. The van der Waals surface area contributed by atoms with E-state index in [1.807, 2.05) is 0 Å². The molecule has 0 fully saturated rings. The third-order valence-corrected chi connectivity index (χ3v) is 2.89. The summed E-state index contributed by atoms with van der Waals surface area (Å²) in [6.45, 7) is 0. The minimum Gasteiger partial charge on any atom is -0.453 e. The average Bonchev–Trinajstić information content (AvgIpc) is 2.34. The molecule has 0 saturated heterocycles. The van der Waals surface area contributed by atoms with Crippen LogP contribution in [-0.4, -0.2) is 5.84 Å². The van der Waals surface area contributed by atoms with Gasteiger partial charge in [-0.05, 0) is 36.4 Å². The Bertz CT molecular complexity index is 650. The van der Waals surface area contributed by atoms with Gasteiger partial charge in [0, 0.05) is 10.6 Å². The SMILES string of the molecule is Cl.N=C(N)c1ccc(Oc2ccc(Cl)cc2Cl)c(F)c1. The van der Waals surface area contributed by atoms with Gasteiger partial charge in [0.15, 0.2) is 11.6 Å². The number of rotatable bonds is 3. The summed E-state index contributed by atoms with van der Waals surface area (Å²) >= 11 is 11.7. The first-order valence-electron chi connectivity index (χ1n) is 5.24. The monoisotopic (exact) mass is 334 g/mol. The molecular formula is C13H10Cl3FN2O. The fourth-order valence-corrected chi connectivity index (χ4v) is 1.87. The van der Waals surface area contributed by atoms with Crippen LogP contribution in [0, 0.1) is 11.2 Å². The van der Waals surface area contributed by atoms with Gasteiger partial charge in [-0.1, -0.05) is 23.2 Å². The van der Waals surface area contributed by atoms with Gasteiger partial charge < -0.3 is 10.5 Å². The molecule has 0 atom stereocenters. The predicted molar refractivity (Wildman–Crippen MR) is 81.2 cm³/mol. The van der Waals surface area contributed by atoms with Crippen LogP contribution in [0.2, 0.25) is 10.0 Å². The molecule has 3 nitrogen and oxygen atoms in total. The number of halogens is 4. The summed E-state index contributed by atoms with van der Waals surface area (Å²) in [7, 11) is 0. The van der Waals surface area contributed by atoms with Crippen LogP contribution in [0.4, 0.5) is 4.39 Å². The Labute approximate surface area is 131 Å². The lowest BCUT2D eigenvalue weighted by Gasteiger charge is -2.09. The van der Waals surface area contributed by atoms with E-state index in [2.05, 4.69) is 0 Å². The lowest BCUT2D eigenvalue weighted by molar-refractivity contribution is 0.442. The molecule has 20 heavy (non-hydrogen) atoms. The Morgan fingerprint density at radius 2 is 1.75 bits per heavy atom. The number of amidine groups is 1. The van der Waals surface area contributed by atoms with Gasteiger partial charge in [-0.2, -0.15) is 0 Å². The summed E-state index contributed by atoms with van der Waals surface area (Å²) in [4.78, 5) is 0. The van der Waals surface area contributed by atoms with Gasteiger partial charge in [0.05, 0.1) is 5.02 Å². The number of nitrogens with two attached hydrogens (primary N) is 1. The van der Waals surface area contributed by atoms with Crippen LogP contribution in [0.3, 0.4) is 0 Å². The highest BCUT2D eigenvalue weighted by Crippen LogP contribution is 2.32. The standard InChI is InChI=1S/C13H9Cl2FN2O.ClH/c14-8-2-4-11(9(15)6-8)19-12-3-1-7(13(17)18)5-10(12)16;/h1-6H,(H3,17,18);1H. The average molecular weight is 336 g/mol. The molecule has 0 saturated carbocycles. The van der Waals surface area contributed by atoms with E-state index in [1.165, 1.54) is 18.2 Å². The maximum absolute atomic E-state index is 13.8. The minimum absolute atomic E-state index is 0. The van der Waals surface area contributed by atoms with Crippen molar-refractivity contribution in [1.82, 2.24) is 0 Å². The number of nitrogens with one attached hydrogen (secondary N) is 1. The van der Waals surface area contributed by atoms with Crippen molar-refractivity contribution in [2.24, 2.45) is 5.73 Å². The van der Waals surface area contributed by atoms with E-state index in [0.717, 1.165) is 6.07 Å². The first-order chi connectivity index (χ1) is 8.97. The van der Waals surface area contributed by atoms with Gasteiger partial charge in [0.2, 0.25) is 0 Å². The molecule has 0 amide bonds. The molecule has 0 aromatic heterocycles. The molecule has 0 aliphatic carbocycles. The molecule has 106 valence electrons. The molecule has 0 aliphatic rings. The predicted octanol–water partition coefficient (Wildman–Crippen LogP) is 4.63. The third-order valence-electron chi connectivity index (χ3n) is 2.36. The Morgan fingerprint density at radius 3 is 2.30 bits per heavy atom. The molecule has 0 bridgehead atoms. The van der Waals surface area contributed by atoms with Gasteiger partial charge in [0.1, 0.15) is 11.6 Å². The van der Waals surface area contributed by atoms with Crippen molar-refractivity contribution >= 4 is 41.4 Å². The van der Waals surface area contributed by atoms with Crippen LogP contribution in [-0.2, 0) is 0 Å². The lowest BCUT2D eigenvalue weighted by Crippen LogP contribution is -2.11. The molecule has 0 heterocycles. The first kappa shape index (κ1) is 16.6. The lowest BCUT2D eigenvalue weighted by atomic mass is 10.2. The Hall–Kier alpha value is -1.49. The van der Waals surface area contributed by atoms with E-state index in [1.54, 1.807) is 12.1 Å². The summed E-state index contributed by atoms with van der Waals surface area (Å²) < 4.78 is 19.1. The van der Waals surface area contributed by atoms with Gasteiger partial charge in [-0.25, -0.2) is 4.39 Å². The zero-order chi connectivity index (χ0) is 14.0. The highest BCUT2D eigenvalue weighted by molar-refractivity contribution is 6.35. The molecule has 3 N–H and O–H groups in total. The minimum atomic E-state index is -0.626. The maximum atomic E-state index is 13.8. The number of nitrogen functional groups attached to an aromatic ring is 1. The summed E-state index contributed by atoms with van der Waals surface area (Å²) in [6.07, 6.45) is 0. The van der Waals surface area contributed by atoms with Crippen molar-refractivity contribution in [3.05, 3.63) is 57.8 Å². The van der Waals surface area contributed by atoms with Crippen LogP contribution < -0.4 is 10.5 Å². The van der Waals surface area contributed by atoms with Crippen LogP contribution >= 0.6 is 35.6 Å². The molecule has 2 aromatic rings. The molecule has 2 aromatic carbocycles. The van der Waals surface area contributed by atoms with Crippen molar-refractivity contribution in [2.75, 3.05) is 0 Å². The highest BCUT2D eigenvalue weighted by Gasteiger charge is 2.10. The van der Waals surface area contributed by atoms with Crippen molar-refractivity contribution in [2.45, 2.75) is 0 Å². The van der Waals surface area contributed by atoms with Crippen LogP contribution in [0.15, 0.2) is 36.4 Å². The number of hydrogen-bond acceptors (Lipinski definition) is 2. The zero-order valence-electron chi connectivity index (χ0n) is 9.99. The summed E-state index contributed by atoms with van der Waals surface area (Å²) in [5.41, 5.74) is 5.55. The molecule has 7 heteroatoms. The quantitative estimate of drug-likeness (QED) is 0.634. The first-order valence-corrected chi connectivity index (χ1v) is 6.00. The van der Waals surface area contributed by atoms with E-state index in [4.69, 9.17) is 39.1 Å². The number of hydrogen-bond donors (Lipinski definition) is 2. The van der Waals surface area contributed by atoms with Gasteiger partial charge in [-0.3, -0.25) is 5.41 Å². The van der Waals surface area contributed by atoms with E-state index in [0.29, 0.717) is 10.8 Å². The second-order valence-electron chi connectivity index (χ2n) is 3.74. The van der Waals surface area contributed by atoms with Gasteiger partial charge in [0.25, 0.3) is 0 Å². The molecular weight excluding hydrogens is 326 g/mol. The topological polar surface area (TPSA) is 59.1 Å². The van der Waals surface area contributed by atoms with E-state index in [-0.39, 0.29) is 34.6 Å². The summed E-state index contributed by atoms with van der Waals surface area (Å²) in [6, 6.07) is 8.64. The van der Waals surface area contributed by atoms with Crippen LogP contribution in [0.1, 0.15) is 5.56 Å². The smallest absolute Gasteiger partial charge is 0.166 e. The van der Waals surface area contributed by atoms with Crippen LogP contribution in [0.25, 0.3) is 0 Å². The van der Waals surface area contributed by atoms with E-state index < -0.39 is 5.82 Å². The molecule has 2 rings (SSSR count). The normalized spacial score (nSPS) is 9.75. The van der Waals surface area contributed by atoms with E-state index in [9.17, 15) is 4.39 Å². The maximum Gasteiger partial charge on any atom is 0.166 e. The second kappa shape index (κ2) is 6.79. The molecule has 0 spiro atoms. The molecule has 0 radical (unpaired) electrons. The largest absolute Gasteiger partial charge is 0.453 e. The Kier molecular flexibility index (Phi) is 5.62. The summed E-state index contributed by atoms with van der Waals surface area (Å²) in [5, 5.41) is 7.96. The van der Waals surface area contributed by atoms with Gasteiger partial charge >= 0.3 is 0 Å². The third kappa shape index (κ3) is 3.76. The van der Waals surface area contributed by atoms with Crippen molar-refractivity contribution in [1.29, 1.82) is 5.41 Å². The fraction of sp³-hybridized carbons (Fsp3) is 0. The zero-order valence-corrected chi connectivity index (χ0v) is 12.3. The summed E-state index contributed by atoms with van der Waals surface area (Å²) in [5.74, 6) is -0.552. The van der Waals surface area contributed by atoms with Gasteiger partial charge in [-0.15, -0.1) is 12.4 Å². The van der Waals surface area contributed by atoms with E-state index >= 15 is 0 Å². The fourth-order valence-electron chi connectivity index (χ4n) is 1.43. The molecule has 0 unspecified atom stereocenters. The Morgan fingerprint density at radius 1 is 1.10 bits per heavy atom. The second-order valence-corrected chi connectivity index (χ2v) is 4.58. The molecule has 0 aliphatic heterocycles.